The Labute approximate surface area is 104 Å². The van der Waals surface area contributed by atoms with E-state index in [1.165, 1.54) is 0 Å². The molecule has 0 aromatic carbocycles. The van der Waals surface area contributed by atoms with Gasteiger partial charge >= 0.3 is 0 Å². The number of aldehydes is 1. The second kappa shape index (κ2) is 4.98. The van der Waals surface area contributed by atoms with Crippen LogP contribution in [-0.4, -0.2) is 40.6 Å². The zero-order valence-corrected chi connectivity index (χ0v) is 10.3. The van der Waals surface area contributed by atoms with E-state index >= 15 is 0 Å². The van der Waals surface area contributed by atoms with Crippen molar-refractivity contribution in [2.24, 2.45) is 0 Å². The number of halogens is 1. The Balaban J connectivity index is 2.34. The van der Waals surface area contributed by atoms with E-state index in [1.807, 2.05) is 4.90 Å². The van der Waals surface area contributed by atoms with Crippen molar-refractivity contribution in [2.45, 2.75) is 25.9 Å². The molecule has 92 valence electrons. The normalized spacial score (nSPS) is 17.2. The molecular weight excluding hydrogens is 242 g/mol. The number of aromatic nitrogens is 2. The van der Waals surface area contributed by atoms with Gasteiger partial charge in [-0.15, -0.1) is 0 Å². The summed E-state index contributed by atoms with van der Waals surface area (Å²) in [6.45, 7) is 3.09. The van der Waals surface area contributed by atoms with E-state index in [0.29, 0.717) is 49.4 Å². The van der Waals surface area contributed by atoms with Crippen LogP contribution in [0.4, 0.5) is 5.82 Å². The maximum Gasteiger partial charge on any atom is 0.156 e. The second-order valence-corrected chi connectivity index (χ2v) is 4.49. The van der Waals surface area contributed by atoms with Gasteiger partial charge in [0.05, 0.1) is 11.7 Å². The fourth-order valence-corrected chi connectivity index (χ4v) is 2.20. The molecule has 1 N–H and O–H groups in total. The Morgan fingerprint density at radius 1 is 1.41 bits per heavy atom. The summed E-state index contributed by atoms with van der Waals surface area (Å²) in [4.78, 5) is 21.2. The van der Waals surface area contributed by atoms with Gasteiger partial charge in [0.2, 0.25) is 0 Å². The molecule has 1 saturated heterocycles. The lowest BCUT2D eigenvalue weighted by Gasteiger charge is -2.31. The van der Waals surface area contributed by atoms with Gasteiger partial charge in [0.1, 0.15) is 16.8 Å². The number of carbonyl (C=O) groups is 1. The first kappa shape index (κ1) is 12.3. The largest absolute Gasteiger partial charge is 0.393 e. The Morgan fingerprint density at radius 3 is 2.65 bits per heavy atom. The predicted octanol–water partition coefficient (Wildman–Crippen LogP) is 1.21. The highest BCUT2D eigenvalue weighted by Gasteiger charge is 2.22. The van der Waals surface area contributed by atoms with Crippen molar-refractivity contribution in [1.29, 1.82) is 0 Å². The number of piperidine rings is 1. The van der Waals surface area contributed by atoms with Gasteiger partial charge in [-0.05, 0) is 19.8 Å². The van der Waals surface area contributed by atoms with E-state index in [2.05, 4.69) is 9.97 Å². The monoisotopic (exact) mass is 255 g/mol. The van der Waals surface area contributed by atoms with Gasteiger partial charge in [-0.3, -0.25) is 4.79 Å². The molecule has 0 bridgehead atoms. The van der Waals surface area contributed by atoms with E-state index in [-0.39, 0.29) is 11.3 Å². The predicted molar refractivity (Wildman–Crippen MR) is 64.6 cm³/mol. The van der Waals surface area contributed by atoms with Gasteiger partial charge in [0.15, 0.2) is 6.29 Å². The molecule has 1 fully saturated rings. The summed E-state index contributed by atoms with van der Waals surface area (Å²) in [5, 5.41) is 9.64. The first-order chi connectivity index (χ1) is 8.11. The summed E-state index contributed by atoms with van der Waals surface area (Å²) < 4.78 is 0. The average molecular weight is 256 g/mol. The highest BCUT2D eigenvalue weighted by molar-refractivity contribution is 6.32. The van der Waals surface area contributed by atoms with Crippen LogP contribution in [0.1, 0.15) is 29.0 Å². The van der Waals surface area contributed by atoms with E-state index in [0.717, 1.165) is 0 Å². The van der Waals surface area contributed by atoms with E-state index in [4.69, 9.17) is 11.6 Å². The summed E-state index contributed by atoms with van der Waals surface area (Å²) in [7, 11) is 0. The Bertz CT molecular complexity index is 431. The number of carbonyl (C=O) groups excluding carboxylic acids is 1. The van der Waals surface area contributed by atoms with Gasteiger partial charge < -0.3 is 10.0 Å². The minimum atomic E-state index is -0.260. The van der Waals surface area contributed by atoms with Crippen LogP contribution in [0.15, 0.2) is 0 Å². The Kier molecular flexibility index (Phi) is 3.59. The number of hydrogen-bond donors (Lipinski definition) is 1. The summed E-state index contributed by atoms with van der Waals surface area (Å²) in [5.41, 5.74) is 0.327. The maximum absolute atomic E-state index is 11.0. The molecule has 0 spiro atoms. The molecule has 1 aromatic rings. The molecule has 1 aromatic heterocycles. The van der Waals surface area contributed by atoms with Crippen molar-refractivity contribution in [3.8, 4) is 0 Å². The van der Waals surface area contributed by atoms with Gasteiger partial charge in [0.25, 0.3) is 0 Å². The van der Waals surface area contributed by atoms with Crippen molar-refractivity contribution in [1.82, 2.24) is 9.97 Å². The van der Waals surface area contributed by atoms with Gasteiger partial charge in [-0.25, -0.2) is 9.97 Å². The van der Waals surface area contributed by atoms with E-state index in [9.17, 15) is 9.90 Å². The highest BCUT2D eigenvalue weighted by atomic mass is 35.5. The molecule has 5 nitrogen and oxygen atoms in total. The fraction of sp³-hybridized carbons (Fsp3) is 0.545. The van der Waals surface area contributed by atoms with Crippen LogP contribution in [-0.2, 0) is 0 Å². The first-order valence-electron chi connectivity index (χ1n) is 5.54. The van der Waals surface area contributed by atoms with Gasteiger partial charge in [-0.2, -0.15) is 0 Å². The molecule has 2 rings (SSSR count). The molecule has 6 heteroatoms. The standard InChI is InChI=1S/C11H14ClN3O2/c1-7-13-10(12)9(6-16)11(14-7)15-4-2-8(17)3-5-15/h6,8,17H,2-5H2,1H3. The third kappa shape index (κ3) is 2.56. The van der Waals surface area contributed by atoms with Crippen molar-refractivity contribution in [3.05, 3.63) is 16.5 Å². The molecule has 2 heterocycles. The number of hydrogen-bond acceptors (Lipinski definition) is 5. The molecule has 0 saturated carbocycles. The third-order valence-electron chi connectivity index (χ3n) is 2.87. The third-order valence-corrected chi connectivity index (χ3v) is 3.16. The second-order valence-electron chi connectivity index (χ2n) is 4.13. The Morgan fingerprint density at radius 2 is 2.06 bits per heavy atom. The molecule has 0 amide bonds. The number of nitrogens with zero attached hydrogens (tertiary/aromatic N) is 3. The summed E-state index contributed by atoms with van der Waals surface area (Å²) >= 11 is 5.92. The van der Waals surface area contributed by atoms with Crippen LogP contribution in [0, 0.1) is 6.92 Å². The fourth-order valence-electron chi connectivity index (χ4n) is 1.95. The maximum atomic E-state index is 11.0. The molecule has 0 atom stereocenters. The average Bonchev–Trinajstić information content (AvgIpc) is 2.29. The minimum Gasteiger partial charge on any atom is -0.393 e. The van der Waals surface area contributed by atoms with Crippen LogP contribution < -0.4 is 4.90 Å². The topological polar surface area (TPSA) is 66.3 Å². The lowest BCUT2D eigenvalue weighted by molar-refractivity contribution is 0.112. The smallest absolute Gasteiger partial charge is 0.156 e. The number of aryl methyl sites for hydroxylation is 1. The molecule has 17 heavy (non-hydrogen) atoms. The van der Waals surface area contributed by atoms with Crippen LogP contribution in [0.5, 0.6) is 0 Å². The van der Waals surface area contributed by atoms with Crippen molar-refractivity contribution in [3.63, 3.8) is 0 Å². The van der Waals surface area contributed by atoms with Crippen LogP contribution in [0.25, 0.3) is 0 Å². The summed E-state index contributed by atoms with van der Waals surface area (Å²) in [5.74, 6) is 1.12. The molecular formula is C11H14ClN3O2. The zero-order chi connectivity index (χ0) is 12.4. The van der Waals surface area contributed by atoms with Crippen LogP contribution >= 0.6 is 11.6 Å². The van der Waals surface area contributed by atoms with Gasteiger partial charge in [-0.1, -0.05) is 11.6 Å². The molecule has 1 aliphatic heterocycles. The molecule has 0 aliphatic carbocycles. The summed E-state index contributed by atoms with van der Waals surface area (Å²) in [6.07, 6.45) is 1.78. The number of aliphatic hydroxyl groups is 1. The highest BCUT2D eigenvalue weighted by Crippen LogP contribution is 2.25. The van der Waals surface area contributed by atoms with Crippen LogP contribution in [0.3, 0.4) is 0 Å². The van der Waals surface area contributed by atoms with E-state index in [1.54, 1.807) is 6.92 Å². The molecule has 0 radical (unpaired) electrons. The number of aliphatic hydroxyl groups excluding tert-OH is 1. The number of anilines is 1. The van der Waals surface area contributed by atoms with Crippen molar-refractivity contribution in [2.75, 3.05) is 18.0 Å². The van der Waals surface area contributed by atoms with Crippen molar-refractivity contribution < 1.29 is 9.90 Å². The lowest BCUT2D eigenvalue weighted by atomic mass is 10.1. The van der Waals surface area contributed by atoms with E-state index < -0.39 is 0 Å². The number of rotatable bonds is 2. The lowest BCUT2D eigenvalue weighted by Crippen LogP contribution is -2.37. The Hall–Kier alpha value is -1.20. The summed E-state index contributed by atoms with van der Waals surface area (Å²) in [6, 6.07) is 0. The minimum absolute atomic E-state index is 0.189. The molecule has 0 unspecified atom stereocenters. The molecule has 1 aliphatic rings. The zero-order valence-electron chi connectivity index (χ0n) is 9.56. The SMILES string of the molecule is Cc1nc(Cl)c(C=O)c(N2CCC(O)CC2)n1. The van der Waals surface area contributed by atoms with Gasteiger partial charge in [0, 0.05) is 13.1 Å². The quantitative estimate of drug-likeness (QED) is 0.636. The first-order valence-corrected chi connectivity index (χ1v) is 5.92. The van der Waals surface area contributed by atoms with Crippen LogP contribution in [0.2, 0.25) is 5.15 Å². The van der Waals surface area contributed by atoms with Crippen molar-refractivity contribution >= 4 is 23.7 Å².